The smallest absolute Gasteiger partial charge is 0.150 e. The van der Waals surface area contributed by atoms with Gasteiger partial charge in [0, 0.05) is 0 Å². The second-order valence-electron chi connectivity index (χ2n) is 4.24. The third-order valence-electron chi connectivity index (χ3n) is 3.04. The van der Waals surface area contributed by atoms with E-state index >= 15 is 0 Å². The lowest BCUT2D eigenvalue weighted by Crippen LogP contribution is -2.38. The predicted octanol–water partition coefficient (Wildman–Crippen LogP) is 0.888. The number of sulfone groups is 1. The molecule has 0 aromatic rings. The molecule has 1 aliphatic heterocycles. The molecular formula is C9H18FNO2S. The fraction of sp³-hybridized carbons (Fsp3) is 1.00. The van der Waals surface area contributed by atoms with Crippen molar-refractivity contribution in [3.05, 3.63) is 0 Å². The maximum Gasteiger partial charge on any atom is 0.150 e. The van der Waals surface area contributed by atoms with Gasteiger partial charge in [0.05, 0.1) is 11.5 Å². The van der Waals surface area contributed by atoms with Gasteiger partial charge >= 0.3 is 0 Å². The van der Waals surface area contributed by atoms with Gasteiger partial charge in [-0.2, -0.15) is 0 Å². The first kappa shape index (κ1) is 11.9. The maximum absolute atomic E-state index is 14.0. The summed E-state index contributed by atoms with van der Waals surface area (Å²) in [5.41, 5.74) is 4.02. The quantitative estimate of drug-likeness (QED) is 0.773. The van der Waals surface area contributed by atoms with E-state index < -0.39 is 15.5 Å². The highest BCUT2D eigenvalue weighted by atomic mass is 32.2. The van der Waals surface area contributed by atoms with Crippen LogP contribution in [0, 0.1) is 5.92 Å². The molecule has 0 bridgehead atoms. The SMILES string of the molecule is CC(F)(CCN)C1CCS(=O)(=O)CC1. The van der Waals surface area contributed by atoms with Crippen LogP contribution in [0.25, 0.3) is 0 Å². The summed E-state index contributed by atoms with van der Waals surface area (Å²) in [5.74, 6) is 0.110. The van der Waals surface area contributed by atoms with Crippen molar-refractivity contribution in [1.82, 2.24) is 0 Å². The molecule has 0 aromatic heterocycles. The van der Waals surface area contributed by atoms with Crippen molar-refractivity contribution in [3.63, 3.8) is 0 Å². The van der Waals surface area contributed by atoms with E-state index in [1.807, 2.05) is 0 Å². The number of hydrogen-bond donors (Lipinski definition) is 1. The number of alkyl halides is 1. The predicted molar refractivity (Wildman–Crippen MR) is 54.6 cm³/mol. The number of nitrogens with two attached hydrogens (primary N) is 1. The highest BCUT2D eigenvalue weighted by molar-refractivity contribution is 7.91. The van der Waals surface area contributed by atoms with Crippen molar-refractivity contribution in [2.24, 2.45) is 11.7 Å². The van der Waals surface area contributed by atoms with Crippen LogP contribution >= 0.6 is 0 Å². The molecular weight excluding hydrogens is 205 g/mol. The van der Waals surface area contributed by atoms with Crippen LogP contribution < -0.4 is 5.73 Å². The molecule has 3 nitrogen and oxygen atoms in total. The van der Waals surface area contributed by atoms with Gasteiger partial charge in [-0.15, -0.1) is 0 Å². The summed E-state index contributed by atoms with van der Waals surface area (Å²) in [6.07, 6.45) is 1.20. The first-order chi connectivity index (χ1) is 6.37. The van der Waals surface area contributed by atoms with E-state index in [1.165, 1.54) is 6.92 Å². The average molecular weight is 223 g/mol. The Morgan fingerprint density at radius 1 is 1.43 bits per heavy atom. The second kappa shape index (κ2) is 4.14. The molecule has 0 amide bonds. The van der Waals surface area contributed by atoms with Gasteiger partial charge in [-0.25, -0.2) is 12.8 Å². The Morgan fingerprint density at radius 2 is 1.93 bits per heavy atom. The average Bonchev–Trinajstić information content (AvgIpc) is 2.03. The molecule has 5 heteroatoms. The van der Waals surface area contributed by atoms with Crippen LogP contribution in [0.15, 0.2) is 0 Å². The minimum atomic E-state index is -2.89. The largest absolute Gasteiger partial charge is 0.330 e. The monoisotopic (exact) mass is 223 g/mol. The Kier molecular flexibility index (Phi) is 3.53. The molecule has 84 valence electrons. The van der Waals surface area contributed by atoms with Crippen LogP contribution in [0.2, 0.25) is 0 Å². The third kappa shape index (κ3) is 2.92. The van der Waals surface area contributed by atoms with Crippen LogP contribution in [0.1, 0.15) is 26.2 Å². The molecule has 0 saturated carbocycles. The molecule has 1 heterocycles. The lowest BCUT2D eigenvalue weighted by molar-refractivity contribution is 0.0867. The Morgan fingerprint density at radius 3 is 2.36 bits per heavy atom. The van der Waals surface area contributed by atoms with Crippen LogP contribution in [0.4, 0.5) is 4.39 Å². The fourth-order valence-electron chi connectivity index (χ4n) is 1.98. The zero-order chi connectivity index (χ0) is 10.8. The third-order valence-corrected chi connectivity index (χ3v) is 4.75. The Hall–Kier alpha value is -0.160. The lowest BCUT2D eigenvalue weighted by Gasteiger charge is -2.32. The molecule has 1 rings (SSSR count). The number of hydrogen-bond acceptors (Lipinski definition) is 3. The molecule has 14 heavy (non-hydrogen) atoms. The molecule has 1 aliphatic rings. The Bertz CT molecular complexity index is 273. The van der Waals surface area contributed by atoms with Crippen molar-refractivity contribution < 1.29 is 12.8 Å². The van der Waals surface area contributed by atoms with E-state index in [2.05, 4.69) is 0 Å². The van der Waals surface area contributed by atoms with Gasteiger partial charge in [-0.3, -0.25) is 0 Å². The summed E-state index contributed by atoms with van der Waals surface area (Å²) in [4.78, 5) is 0. The molecule has 1 unspecified atom stereocenters. The highest BCUT2D eigenvalue weighted by Gasteiger charge is 2.37. The zero-order valence-corrected chi connectivity index (χ0v) is 9.32. The minimum absolute atomic E-state index is 0.127. The van der Waals surface area contributed by atoms with E-state index in [0.717, 1.165) is 0 Å². The van der Waals surface area contributed by atoms with E-state index in [4.69, 9.17) is 5.73 Å². The number of halogens is 1. The molecule has 0 radical (unpaired) electrons. The Balaban J connectivity index is 2.57. The standard InChI is InChI=1S/C9H18FNO2S/c1-9(10,4-5-11)8-2-6-14(12,13)7-3-8/h8H,2-7,11H2,1H3. The maximum atomic E-state index is 14.0. The molecule has 1 fully saturated rings. The molecule has 1 saturated heterocycles. The van der Waals surface area contributed by atoms with E-state index in [1.54, 1.807) is 0 Å². The molecule has 0 spiro atoms. The van der Waals surface area contributed by atoms with E-state index in [9.17, 15) is 12.8 Å². The van der Waals surface area contributed by atoms with Crippen molar-refractivity contribution >= 4 is 9.84 Å². The van der Waals surface area contributed by atoms with Crippen molar-refractivity contribution in [1.29, 1.82) is 0 Å². The normalized spacial score (nSPS) is 27.1. The van der Waals surface area contributed by atoms with Crippen molar-refractivity contribution in [2.45, 2.75) is 31.9 Å². The second-order valence-corrected chi connectivity index (χ2v) is 6.55. The van der Waals surface area contributed by atoms with Crippen LogP contribution in [-0.2, 0) is 9.84 Å². The summed E-state index contributed by atoms with van der Waals surface area (Å²) in [7, 11) is -2.89. The fourth-order valence-corrected chi connectivity index (χ4v) is 3.47. The zero-order valence-electron chi connectivity index (χ0n) is 8.50. The summed E-state index contributed by atoms with van der Waals surface area (Å²) in [6.45, 7) is 1.85. The van der Waals surface area contributed by atoms with Crippen molar-refractivity contribution in [2.75, 3.05) is 18.1 Å². The summed E-state index contributed by atoms with van der Waals surface area (Å²) in [5, 5.41) is 0. The minimum Gasteiger partial charge on any atom is -0.330 e. The summed E-state index contributed by atoms with van der Waals surface area (Å²) in [6, 6.07) is 0. The van der Waals surface area contributed by atoms with Gasteiger partial charge in [-0.1, -0.05) is 0 Å². The molecule has 1 atom stereocenters. The molecule has 0 aliphatic carbocycles. The van der Waals surface area contributed by atoms with Gasteiger partial charge < -0.3 is 5.73 Å². The van der Waals surface area contributed by atoms with Crippen LogP contribution in [0.5, 0.6) is 0 Å². The Labute approximate surface area is 84.8 Å². The summed E-state index contributed by atoms with van der Waals surface area (Å²) >= 11 is 0. The summed E-state index contributed by atoms with van der Waals surface area (Å²) < 4.78 is 36.2. The van der Waals surface area contributed by atoms with Crippen LogP contribution in [-0.4, -0.2) is 32.1 Å². The van der Waals surface area contributed by atoms with Gasteiger partial charge in [-0.05, 0) is 38.6 Å². The van der Waals surface area contributed by atoms with Gasteiger partial charge in [0.2, 0.25) is 0 Å². The van der Waals surface area contributed by atoms with Gasteiger partial charge in [0.15, 0.2) is 0 Å². The lowest BCUT2D eigenvalue weighted by atomic mass is 9.84. The molecule has 2 N–H and O–H groups in total. The van der Waals surface area contributed by atoms with Gasteiger partial charge in [0.25, 0.3) is 0 Å². The van der Waals surface area contributed by atoms with Crippen LogP contribution in [0.3, 0.4) is 0 Å². The van der Waals surface area contributed by atoms with E-state index in [-0.39, 0.29) is 17.4 Å². The first-order valence-electron chi connectivity index (χ1n) is 4.97. The van der Waals surface area contributed by atoms with Gasteiger partial charge in [0.1, 0.15) is 15.5 Å². The topological polar surface area (TPSA) is 60.2 Å². The van der Waals surface area contributed by atoms with E-state index in [0.29, 0.717) is 25.8 Å². The number of rotatable bonds is 3. The highest BCUT2D eigenvalue weighted by Crippen LogP contribution is 2.34. The first-order valence-corrected chi connectivity index (χ1v) is 6.79. The van der Waals surface area contributed by atoms with Crippen molar-refractivity contribution in [3.8, 4) is 0 Å². The molecule has 0 aromatic carbocycles.